The second kappa shape index (κ2) is 5.76. The molecule has 1 heterocycles. The molecule has 0 aromatic heterocycles. The number of amides is 1. The Kier molecular flexibility index (Phi) is 4.96. The lowest BCUT2D eigenvalue weighted by molar-refractivity contribution is -0.134. The molecule has 0 aliphatic carbocycles. The van der Waals surface area contributed by atoms with E-state index in [4.69, 9.17) is 11.6 Å². The number of rotatable bonds is 4. The first-order valence-corrected chi connectivity index (χ1v) is 6.41. The molecule has 76 valence electrons. The minimum absolute atomic E-state index is 0.258. The third-order valence-corrected chi connectivity index (χ3v) is 3.66. The van der Waals surface area contributed by atoms with Gasteiger partial charge in [-0.3, -0.25) is 4.79 Å². The van der Waals surface area contributed by atoms with Crippen LogP contribution in [-0.2, 0) is 4.79 Å². The maximum atomic E-state index is 11.8. The Morgan fingerprint density at radius 2 is 2.46 bits per heavy atom. The lowest BCUT2D eigenvalue weighted by Crippen LogP contribution is -2.37. The molecule has 2 nitrogen and oxygen atoms in total. The maximum Gasteiger partial charge on any atom is 0.226 e. The van der Waals surface area contributed by atoms with Crippen LogP contribution in [0.4, 0.5) is 0 Å². The number of hydrogen-bond acceptors (Lipinski definition) is 2. The van der Waals surface area contributed by atoms with Crippen molar-refractivity contribution < 1.29 is 4.79 Å². The first-order valence-electron chi connectivity index (χ1n) is 4.72. The smallest absolute Gasteiger partial charge is 0.226 e. The number of carbonyl (C=O) groups excluding carboxylic acids is 1. The van der Waals surface area contributed by atoms with E-state index >= 15 is 0 Å². The van der Waals surface area contributed by atoms with E-state index in [1.165, 1.54) is 0 Å². The monoisotopic (exact) mass is 221 g/mol. The van der Waals surface area contributed by atoms with Gasteiger partial charge in [0.15, 0.2) is 0 Å². The second-order valence-corrected chi connectivity index (χ2v) is 4.70. The summed E-state index contributed by atoms with van der Waals surface area (Å²) >= 11 is 7.50. The Morgan fingerprint density at radius 1 is 1.69 bits per heavy atom. The first-order chi connectivity index (χ1) is 6.29. The van der Waals surface area contributed by atoms with Crippen molar-refractivity contribution in [2.45, 2.75) is 13.3 Å². The highest BCUT2D eigenvalue weighted by atomic mass is 35.5. The van der Waals surface area contributed by atoms with Crippen LogP contribution in [0.5, 0.6) is 0 Å². The molecule has 0 aromatic carbocycles. The van der Waals surface area contributed by atoms with E-state index in [2.05, 4.69) is 0 Å². The first kappa shape index (κ1) is 11.2. The van der Waals surface area contributed by atoms with Gasteiger partial charge in [0, 0.05) is 30.6 Å². The highest BCUT2D eigenvalue weighted by Gasteiger charge is 2.26. The van der Waals surface area contributed by atoms with E-state index in [9.17, 15) is 4.79 Å². The second-order valence-electron chi connectivity index (χ2n) is 3.17. The zero-order valence-corrected chi connectivity index (χ0v) is 9.53. The largest absolute Gasteiger partial charge is 0.342 e. The molecule has 1 aliphatic heterocycles. The predicted octanol–water partition coefficient (Wildman–Crippen LogP) is 1.83. The SMILES string of the molecule is CCN(CCCl)C(=O)C1CCSC1. The summed E-state index contributed by atoms with van der Waals surface area (Å²) in [7, 11) is 0. The third kappa shape index (κ3) is 3.06. The minimum Gasteiger partial charge on any atom is -0.342 e. The molecular weight excluding hydrogens is 206 g/mol. The Morgan fingerprint density at radius 3 is 2.92 bits per heavy atom. The predicted molar refractivity (Wildman–Crippen MR) is 58.4 cm³/mol. The van der Waals surface area contributed by atoms with Crippen LogP contribution in [0.15, 0.2) is 0 Å². The van der Waals surface area contributed by atoms with Gasteiger partial charge in [-0.25, -0.2) is 0 Å². The van der Waals surface area contributed by atoms with Gasteiger partial charge < -0.3 is 4.90 Å². The summed E-state index contributed by atoms with van der Waals surface area (Å²) in [6.45, 7) is 3.48. The van der Waals surface area contributed by atoms with E-state index in [1.54, 1.807) is 0 Å². The van der Waals surface area contributed by atoms with Crippen LogP contribution in [-0.4, -0.2) is 41.3 Å². The summed E-state index contributed by atoms with van der Waals surface area (Å²) in [6, 6.07) is 0. The molecule has 1 amide bonds. The van der Waals surface area contributed by atoms with Gasteiger partial charge in [-0.05, 0) is 19.1 Å². The van der Waals surface area contributed by atoms with Crippen LogP contribution in [0.25, 0.3) is 0 Å². The normalized spacial score (nSPS) is 21.8. The fourth-order valence-corrected chi connectivity index (χ4v) is 2.93. The van der Waals surface area contributed by atoms with Gasteiger partial charge in [-0.2, -0.15) is 11.8 Å². The molecule has 1 atom stereocenters. The molecular formula is C9H16ClNOS. The quantitative estimate of drug-likeness (QED) is 0.676. The number of carbonyl (C=O) groups is 1. The summed E-state index contributed by atoms with van der Waals surface area (Å²) < 4.78 is 0. The van der Waals surface area contributed by atoms with Crippen molar-refractivity contribution in [1.29, 1.82) is 0 Å². The lowest BCUT2D eigenvalue weighted by Gasteiger charge is -2.22. The van der Waals surface area contributed by atoms with Crippen LogP contribution >= 0.6 is 23.4 Å². The minimum atomic E-state index is 0.258. The van der Waals surface area contributed by atoms with Gasteiger partial charge in [0.1, 0.15) is 0 Å². The molecule has 0 bridgehead atoms. The average Bonchev–Trinajstić information content (AvgIpc) is 2.65. The highest BCUT2D eigenvalue weighted by molar-refractivity contribution is 7.99. The van der Waals surface area contributed by atoms with Crippen molar-refractivity contribution in [2.75, 3.05) is 30.5 Å². The molecule has 1 unspecified atom stereocenters. The van der Waals surface area contributed by atoms with Crippen molar-refractivity contribution >= 4 is 29.3 Å². The van der Waals surface area contributed by atoms with Crippen molar-refractivity contribution in [3.8, 4) is 0 Å². The van der Waals surface area contributed by atoms with Crippen LogP contribution in [0.1, 0.15) is 13.3 Å². The highest BCUT2D eigenvalue weighted by Crippen LogP contribution is 2.25. The zero-order valence-electron chi connectivity index (χ0n) is 7.96. The number of thioether (sulfide) groups is 1. The van der Waals surface area contributed by atoms with Crippen molar-refractivity contribution in [1.82, 2.24) is 4.90 Å². The summed E-state index contributed by atoms with van der Waals surface area (Å²) in [4.78, 5) is 13.7. The third-order valence-electron chi connectivity index (χ3n) is 2.33. The Bertz CT molecular complexity index is 171. The summed E-state index contributed by atoms with van der Waals surface area (Å²) in [5.74, 6) is 3.23. The van der Waals surface area contributed by atoms with Gasteiger partial charge in [0.2, 0.25) is 5.91 Å². The van der Waals surface area contributed by atoms with Crippen LogP contribution in [0.3, 0.4) is 0 Å². The molecule has 0 N–H and O–H groups in total. The number of nitrogens with zero attached hydrogens (tertiary/aromatic N) is 1. The Balaban J connectivity index is 2.42. The fraction of sp³-hybridized carbons (Fsp3) is 0.889. The average molecular weight is 222 g/mol. The maximum absolute atomic E-state index is 11.8. The molecule has 4 heteroatoms. The summed E-state index contributed by atoms with van der Waals surface area (Å²) in [5, 5.41) is 0. The molecule has 13 heavy (non-hydrogen) atoms. The van der Waals surface area contributed by atoms with E-state index in [0.717, 1.165) is 24.5 Å². The Hall–Kier alpha value is 0.110. The summed E-state index contributed by atoms with van der Waals surface area (Å²) in [6.07, 6.45) is 1.04. The van der Waals surface area contributed by atoms with Crippen molar-refractivity contribution in [3.63, 3.8) is 0 Å². The van der Waals surface area contributed by atoms with Gasteiger partial charge in [-0.15, -0.1) is 11.6 Å². The molecule has 1 aliphatic rings. The van der Waals surface area contributed by atoms with Gasteiger partial charge in [0.25, 0.3) is 0 Å². The zero-order chi connectivity index (χ0) is 9.68. The van der Waals surface area contributed by atoms with E-state index in [-0.39, 0.29) is 5.92 Å². The Labute approximate surface area is 89.0 Å². The molecule has 0 spiro atoms. The molecule has 1 saturated heterocycles. The van der Waals surface area contributed by atoms with E-state index in [1.807, 2.05) is 23.6 Å². The van der Waals surface area contributed by atoms with Gasteiger partial charge in [0.05, 0.1) is 0 Å². The molecule has 1 rings (SSSR count). The molecule has 0 radical (unpaired) electrons. The number of hydrogen-bond donors (Lipinski definition) is 0. The molecule has 0 saturated carbocycles. The van der Waals surface area contributed by atoms with E-state index in [0.29, 0.717) is 18.3 Å². The van der Waals surface area contributed by atoms with Crippen LogP contribution in [0, 0.1) is 5.92 Å². The van der Waals surface area contributed by atoms with E-state index < -0.39 is 0 Å². The van der Waals surface area contributed by atoms with Crippen molar-refractivity contribution in [2.24, 2.45) is 5.92 Å². The lowest BCUT2D eigenvalue weighted by atomic mass is 10.1. The van der Waals surface area contributed by atoms with Crippen LogP contribution in [0.2, 0.25) is 0 Å². The number of halogens is 1. The number of alkyl halides is 1. The molecule has 1 fully saturated rings. The van der Waals surface area contributed by atoms with Gasteiger partial charge in [-0.1, -0.05) is 0 Å². The van der Waals surface area contributed by atoms with Gasteiger partial charge >= 0.3 is 0 Å². The summed E-state index contributed by atoms with van der Waals surface area (Å²) in [5.41, 5.74) is 0. The topological polar surface area (TPSA) is 20.3 Å². The standard InChI is InChI=1S/C9H16ClNOS/c1-2-11(5-4-10)9(12)8-3-6-13-7-8/h8H,2-7H2,1H3. The van der Waals surface area contributed by atoms with Crippen molar-refractivity contribution in [3.05, 3.63) is 0 Å². The van der Waals surface area contributed by atoms with Crippen LogP contribution < -0.4 is 0 Å². The fourth-order valence-electron chi connectivity index (χ4n) is 1.51. The molecule has 0 aromatic rings.